The zero-order valence-corrected chi connectivity index (χ0v) is 14.8. The number of hydrogen-bond donors (Lipinski definition) is 2. The molecule has 1 heterocycles. The van der Waals surface area contributed by atoms with Gasteiger partial charge in [-0.05, 0) is 25.3 Å². The molecule has 0 aliphatic carbocycles. The molecule has 1 aliphatic rings. The van der Waals surface area contributed by atoms with E-state index in [1.165, 1.54) is 0 Å². The monoisotopic (exact) mass is 346 g/mol. The Morgan fingerprint density at radius 2 is 1.96 bits per heavy atom. The molecule has 136 valence electrons. The van der Waals surface area contributed by atoms with Gasteiger partial charge in [-0.15, -0.1) is 0 Å². The minimum atomic E-state index is -0.958. The number of piperidine rings is 1. The van der Waals surface area contributed by atoms with E-state index < -0.39 is 17.9 Å². The van der Waals surface area contributed by atoms with Crippen LogP contribution >= 0.6 is 0 Å². The molecular weight excluding hydrogens is 320 g/mol. The standard InChI is InChI=1S/C19H26N2O4/c1-3-16(22)21-11-7-10-15(12-21)18(23)20-17(13(2)19(24)25)14-8-5-4-6-9-14/h4-6,8-9,13,15,17H,3,7,10-12H2,1-2H3,(H,20,23)(H,24,25)/t13-,15+,17+/m1/s1. The number of carboxylic acid groups (broad SMARTS) is 1. The van der Waals surface area contributed by atoms with Gasteiger partial charge in [0.1, 0.15) is 0 Å². The van der Waals surface area contributed by atoms with E-state index in [1.807, 2.05) is 37.3 Å². The first-order chi connectivity index (χ1) is 11.9. The normalized spacial score (nSPS) is 19.8. The smallest absolute Gasteiger partial charge is 0.308 e. The number of carboxylic acids is 1. The third-order valence-corrected chi connectivity index (χ3v) is 4.79. The number of carbonyl (C=O) groups excluding carboxylic acids is 2. The Kier molecular flexibility index (Phi) is 6.56. The Morgan fingerprint density at radius 3 is 2.56 bits per heavy atom. The highest BCUT2D eigenvalue weighted by Gasteiger charge is 2.32. The minimum absolute atomic E-state index is 0.0519. The fraction of sp³-hybridized carbons (Fsp3) is 0.526. The van der Waals surface area contributed by atoms with E-state index in [9.17, 15) is 19.5 Å². The zero-order chi connectivity index (χ0) is 18.4. The number of nitrogens with one attached hydrogen (secondary N) is 1. The van der Waals surface area contributed by atoms with Gasteiger partial charge in [0.2, 0.25) is 11.8 Å². The van der Waals surface area contributed by atoms with Crippen LogP contribution in [0.15, 0.2) is 30.3 Å². The van der Waals surface area contributed by atoms with E-state index in [0.717, 1.165) is 12.0 Å². The summed E-state index contributed by atoms with van der Waals surface area (Å²) >= 11 is 0. The van der Waals surface area contributed by atoms with E-state index in [-0.39, 0.29) is 17.7 Å². The van der Waals surface area contributed by atoms with Crippen molar-refractivity contribution in [2.45, 2.75) is 39.2 Å². The highest BCUT2D eigenvalue weighted by Crippen LogP contribution is 2.24. The van der Waals surface area contributed by atoms with Crippen LogP contribution in [0.1, 0.15) is 44.7 Å². The van der Waals surface area contributed by atoms with Crippen molar-refractivity contribution < 1.29 is 19.5 Å². The lowest BCUT2D eigenvalue weighted by Crippen LogP contribution is -2.47. The van der Waals surface area contributed by atoms with Gasteiger partial charge >= 0.3 is 5.97 Å². The van der Waals surface area contributed by atoms with Crippen LogP contribution in [0.5, 0.6) is 0 Å². The Morgan fingerprint density at radius 1 is 1.28 bits per heavy atom. The lowest BCUT2D eigenvalue weighted by Gasteiger charge is -2.33. The number of carbonyl (C=O) groups is 3. The molecular formula is C19H26N2O4. The van der Waals surface area contributed by atoms with Crippen LogP contribution < -0.4 is 5.32 Å². The average molecular weight is 346 g/mol. The molecule has 1 saturated heterocycles. The summed E-state index contributed by atoms with van der Waals surface area (Å²) in [5, 5.41) is 12.3. The van der Waals surface area contributed by atoms with Crippen molar-refractivity contribution in [2.75, 3.05) is 13.1 Å². The number of hydrogen-bond acceptors (Lipinski definition) is 3. The van der Waals surface area contributed by atoms with Crippen molar-refractivity contribution in [1.82, 2.24) is 10.2 Å². The Balaban J connectivity index is 2.11. The number of benzene rings is 1. The predicted molar refractivity (Wildman–Crippen MR) is 93.7 cm³/mol. The molecule has 1 aromatic rings. The maximum atomic E-state index is 12.7. The minimum Gasteiger partial charge on any atom is -0.481 e. The maximum Gasteiger partial charge on any atom is 0.308 e. The van der Waals surface area contributed by atoms with Crippen LogP contribution in [-0.4, -0.2) is 40.9 Å². The molecule has 0 saturated carbocycles. The lowest BCUT2D eigenvalue weighted by molar-refractivity contribution is -0.142. The van der Waals surface area contributed by atoms with Crippen LogP contribution in [0.4, 0.5) is 0 Å². The van der Waals surface area contributed by atoms with Crippen molar-refractivity contribution in [2.24, 2.45) is 11.8 Å². The molecule has 6 nitrogen and oxygen atoms in total. The van der Waals surface area contributed by atoms with Crippen molar-refractivity contribution >= 4 is 17.8 Å². The lowest BCUT2D eigenvalue weighted by atomic mass is 9.92. The van der Waals surface area contributed by atoms with Gasteiger partial charge in [-0.25, -0.2) is 0 Å². The van der Waals surface area contributed by atoms with E-state index >= 15 is 0 Å². The molecule has 3 atom stereocenters. The molecule has 2 rings (SSSR count). The van der Waals surface area contributed by atoms with Crippen LogP contribution in [0.2, 0.25) is 0 Å². The van der Waals surface area contributed by atoms with Crippen molar-refractivity contribution in [3.8, 4) is 0 Å². The molecule has 2 N–H and O–H groups in total. The van der Waals surface area contributed by atoms with Gasteiger partial charge in [0.25, 0.3) is 0 Å². The topological polar surface area (TPSA) is 86.7 Å². The molecule has 1 fully saturated rings. The molecule has 0 spiro atoms. The van der Waals surface area contributed by atoms with Crippen LogP contribution in [0.3, 0.4) is 0 Å². The number of likely N-dealkylation sites (tertiary alicyclic amines) is 1. The largest absolute Gasteiger partial charge is 0.481 e. The van der Waals surface area contributed by atoms with Crippen LogP contribution in [0, 0.1) is 11.8 Å². The second kappa shape index (κ2) is 8.65. The SMILES string of the molecule is CCC(=O)N1CCC[C@H](C(=O)N[C@H](c2ccccc2)[C@@H](C)C(=O)O)C1. The quantitative estimate of drug-likeness (QED) is 0.827. The highest BCUT2D eigenvalue weighted by molar-refractivity contribution is 5.82. The molecule has 0 aromatic heterocycles. The van der Waals surface area contributed by atoms with E-state index in [1.54, 1.807) is 11.8 Å². The van der Waals surface area contributed by atoms with E-state index in [0.29, 0.717) is 25.9 Å². The van der Waals surface area contributed by atoms with Gasteiger partial charge in [-0.2, -0.15) is 0 Å². The molecule has 2 amide bonds. The summed E-state index contributed by atoms with van der Waals surface area (Å²) in [6.07, 6.45) is 1.92. The summed E-state index contributed by atoms with van der Waals surface area (Å²) in [6, 6.07) is 8.54. The molecule has 0 unspecified atom stereocenters. The third-order valence-electron chi connectivity index (χ3n) is 4.79. The highest BCUT2D eigenvalue weighted by atomic mass is 16.4. The first kappa shape index (κ1) is 19.0. The summed E-state index contributed by atoms with van der Waals surface area (Å²) < 4.78 is 0. The Labute approximate surface area is 148 Å². The molecule has 1 aliphatic heterocycles. The van der Waals surface area contributed by atoms with E-state index in [2.05, 4.69) is 5.32 Å². The summed E-state index contributed by atoms with van der Waals surface area (Å²) in [5.74, 6) is -2.13. The van der Waals surface area contributed by atoms with Crippen molar-refractivity contribution in [3.63, 3.8) is 0 Å². The predicted octanol–water partition coefficient (Wildman–Crippen LogP) is 2.21. The van der Waals surface area contributed by atoms with Gasteiger partial charge in [-0.1, -0.05) is 37.3 Å². The number of nitrogens with zero attached hydrogens (tertiary/aromatic N) is 1. The number of rotatable bonds is 6. The number of aliphatic carboxylic acids is 1. The fourth-order valence-corrected chi connectivity index (χ4v) is 3.21. The van der Waals surface area contributed by atoms with Gasteiger partial charge < -0.3 is 15.3 Å². The van der Waals surface area contributed by atoms with Gasteiger partial charge in [0, 0.05) is 19.5 Å². The van der Waals surface area contributed by atoms with Gasteiger partial charge in [-0.3, -0.25) is 14.4 Å². The molecule has 0 radical (unpaired) electrons. The second-order valence-corrected chi connectivity index (χ2v) is 6.56. The number of amides is 2. The van der Waals surface area contributed by atoms with Crippen molar-refractivity contribution in [3.05, 3.63) is 35.9 Å². The fourth-order valence-electron chi connectivity index (χ4n) is 3.21. The van der Waals surface area contributed by atoms with Gasteiger partial charge in [0.15, 0.2) is 0 Å². The molecule has 6 heteroatoms. The molecule has 1 aromatic carbocycles. The Bertz CT molecular complexity index is 617. The maximum absolute atomic E-state index is 12.7. The third kappa shape index (κ3) is 4.81. The summed E-state index contributed by atoms with van der Waals surface area (Å²) in [4.78, 5) is 37.8. The first-order valence-electron chi connectivity index (χ1n) is 8.80. The van der Waals surface area contributed by atoms with E-state index in [4.69, 9.17) is 0 Å². The Hall–Kier alpha value is -2.37. The van der Waals surface area contributed by atoms with Crippen molar-refractivity contribution in [1.29, 1.82) is 0 Å². The zero-order valence-electron chi connectivity index (χ0n) is 14.8. The summed E-state index contributed by atoms with van der Waals surface area (Å²) in [5.41, 5.74) is 0.767. The average Bonchev–Trinajstić information content (AvgIpc) is 2.65. The first-order valence-corrected chi connectivity index (χ1v) is 8.80. The molecule has 25 heavy (non-hydrogen) atoms. The van der Waals surface area contributed by atoms with Gasteiger partial charge in [0.05, 0.1) is 17.9 Å². The summed E-state index contributed by atoms with van der Waals surface area (Å²) in [6.45, 7) is 4.49. The second-order valence-electron chi connectivity index (χ2n) is 6.56. The van der Waals surface area contributed by atoms with Crippen LogP contribution in [0.25, 0.3) is 0 Å². The van der Waals surface area contributed by atoms with Crippen LogP contribution in [-0.2, 0) is 14.4 Å². The summed E-state index contributed by atoms with van der Waals surface area (Å²) in [7, 11) is 0. The molecule has 0 bridgehead atoms.